The molecule has 3 N–H and O–H groups in total. The second kappa shape index (κ2) is 12.0. The molecular weight excluding hydrogens is 443 g/mol. The second-order valence-corrected chi connectivity index (χ2v) is 6.52. The van der Waals surface area contributed by atoms with E-state index in [1.807, 2.05) is 24.3 Å². The molecular formula is C19H31IN4O2. The predicted octanol–water partition coefficient (Wildman–Crippen LogP) is 2.54. The first kappa shape index (κ1) is 22.5. The summed E-state index contributed by atoms with van der Waals surface area (Å²) in [5.74, 6) is 1.86. The summed E-state index contributed by atoms with van der Waals surface area (Å²) in [5.41, 5.74) is 6.56. The SMILES string of the molecule is CCNC(=NCCOc1ccc(C)cc1)N1CCCC(CC(N)=O)C1.I. The molecule has 146 valence electrons. The number of likely N-dealkylation sites (tertiary alicyclic amines) is 1. The lowest BCUT2D eigenvalue weighted by atomic mass is 9.95. The Balaban J connectivity index is 0.00000338. The van der Waals surface area contributed by atoms with Gasteiger partial charge in [0.1, 0.15) is 12.4 Å². The van der Waals surface area contributed by atoms with E-state index in [2.05, 4.69) is 29.1 Å². The van der Waals surface area contributed by atoms with E-state index in [1.165, 1.54) is 5.56 Å². The fourth-order valence-corrected chi connectivity index (χ4v) is 3.08. The monoisotopic (exact) mass is 474 g/mol. The molecule has 1 aliphatic heterocycles. The number of nitrogens with one attached hydrogen (secondary N) is 1. The number of aryl methyl sites for hydroxylation is 1. The van der Waals surface area contributed by atoms with Crippen LogP contribution < -0.4 is 15.8 Å². The Morgan fingerprint density at radius 2 is 2.12 bits per heavy atom. The van der Waals surface area contributed by atoms with Crippen molar-refractivity contribution in [2.75, 3.05) is 32.8 Å². The molecule has 1 aromatic rings. The average molecular weight is 474 g/mol. The van der Waals surface area contributed by atoms with Crippen molar-refractivity contribution < 1.29 is 9.53 Å². The zero-order valence-electron chi connectivity index (χ0n) is 15.7. The smallest absolute Gasteiger partial charge is 0.217 e. The Morgan fingerprint density at radius 3 is 2.77 bits per heavy atom. The molecule has 0 radical (unpaired) electrons. The van der Waals surface area contributed by atoms with Crippen LogP contribution in [0.1, 0.15) is 31.7 Å². The van der Waals surface area contributed by atoms with Gasteiger partial charge in [-0.25, -0.2) is 4.99 Å². The van der Waals surface area contributed by atoms with E-state index in [1.54, 1.807) is 0 Å². The van der Waals surface area contributed by atoms with Gasteiger partial charge in [0.2, 0.25) is 5.91 Å². The van der Waals surface area contributed by atoms with Crippen LogP contribution in [0.25, 0.3) is 0 Å². The number of amides is 1. The minimum atomic E-state index is -0.222. The van der Waals surface area contributed by atoms with Crippen LogP contribution in [0.5, 0.6) is 5.75 Å². The molecule has 1 aliphatic rings. The van der Waals surface area contributed by atoms with E-state index in [-0.39, 0.29) is 29.9 Å². The molecule has 0 aliphatic carbocycles. The molecule has 7 heteroatoms. The van der Waals surface area contributed by atoms with Gasteiger partial charge in [0.25, 0.3) is 0 Å². The highest BCUT2D eigenvalue weighted by Gasteiger charge is 2.23. The third-order valence-electron chi connectivity index (χ3n) is 4.29. The van der Waals surface area contributed by atoms with Crippen molar-refractivity contribution in [2.24, 2.45) is 16.6 Å². The number of piperidine rings is 1. The Kier molecular flexibility index (Phi) is 10.4. The molecule has 26 heavy (non-hydrogen) atoms. The summed E-state index contributed by atoms with van der Waals surface area (Å²) in [6.07, 6.45) is 2.56. The predicted molar refractivity (Wildman–Crippen MR) is 116 cm³/mol. The number of carbonyl (C=O) groups is 1. The number of benzene rings is 1. The lowest BCUT2D eigenvalue weighted by molar-refractivity contribution is -0.119. The van der Waals surface area contributed by atoms with Gasteiger partial charge in [-0.3, -0.25) is 4.79 Å². The van der Waals surface area contributed by atoms with Gasteiger partial charge in [0.15, 0.2) is 5.96 Å². The summed E-state index contributed by atoms with van der Waals surface area (Å²) in [5, 5.41) is 3.34. The van der Waals surface area contributed by atoms with Gasteiger partial charge in [-0.1, -0.05) is 17.7 Å². The van der Waals surface area contributed by atoms with Crippen molar-refractivity contribution in [1.82, 2.24) is 10.2 Å². The van der Waals surface area contributed by atoms with Crippen LogP contribution in [0.15, 0.2) is 29.3 Å². The van der Waals surface area contributed by atoms with E-state index in [4.69, 9.17) is 10.5 Å². The number of nitrogens with zero attached hydrogens (tertiary/aromatic N) is 2. The molecule has 0 saturated carbocycles. The van der Waals surface area contributed by atoms with Gasteiger partial charge in [-0.2, -0.15) is 0 Å². The number of primary amides is 1. The highest BCUT2D eigenvalue weighted by Crippen LogP contribution is 2.19. The fourth-order valence-electron chi connectivity index (χ4n) is 3.08. The van der Waals surface area contributed by atoms with Crippen molar-refractivity contribution >= 4 is 35.8 Å². The molecule has 1 atom stereocenters. The Morgan fingerprint density at radius 1 is 1.38 bits per heavy atom. The van der Waals surface area contributed by atoms with Crippen LogP contribution in [0.4, 0.5) is 0 Å². The molecule has 1 heterocycles. The summed E-state index contributed by atoms with van der Waals surface area (Å²) in [6, 6.07) is 8.02. The van der Waals surface area contributed by atoms with Crippen LogP contribution >= 0.6 is 24.0 Å². The summed E-state index contributed by atoms with van der Waals surface area (Å²) in [4.78, 5) is 18.1. The Labute approximate surface area is 173 Å². The number of guanidine groups is 1. The first-order valence-corrected chi connectivity index (χ1v) is 9.09. The lowest BCUT2D eigenvalue weighted by Crippen LogP contribution is -2.47. The zero-order valence-corrected chi connectivity index (χ0v) is 18.1. The summed E-state index contributed by atoms with van der Waals surface area (Å²) < 4.78 is 5.74. The maximum atomic E-state index is 11.2. The first-order valence-electron chi connectivity index (χ1n) is 9.09. The van der Waals surface area contributed by atoms with Gasteiger partial charge in [-0.05, 0) is 44.7 Å². The quantitative estimate of drug-likeness (QED) is 0.276. The van der Waals surface area contributed by atoms with E-state index in [0.717, 1.165) is 44.2 Å². The third-order valence-corrected chi connectivity index (χ3v) is 4.29. The molecule has 1 saturated heterocycles. The normalized spacial score (nSPS) is 17.4. The summed E-state index contributed by atoms with van der Waals surface area (Å²) in [7, 11) is 0. The molecule has 0 aromatic heterocycles. The number of carbonyl (C=O) groups excluding carboxylic acids is 1. The molecule has 0 bridgehead atoms. The van der Waals surface area contributed by atoms with Gasteiger partial charge < -0.3 is 20.7 Å². The topological polar surface area (TPSA) is 80.0 Å². The van der Waals surface area contributed by atoms with Gasteiger partial charge in [0, 0.05) is 26.1 Å². The van der Waals surface area contributed by atoms with Crippen LogP contribution in [-0.4, -0.2) is 49.6 Å². The van der Waals surface area contributed by atoms with E-state index >= 15 is 0 Å². The van der Waals surface area contributed by atoms with Crippen molar-refractivity contribution in [3.05, 3.63) is 29.8 Å². The number of ether oxygens (including phenoxy) is 1. The van der Waals surface area contributed by atoms with E-state index in [0.29, 0.717) is 25.5 Å². The lowest BCUT2D eigenvalue weighted by Gasteiger charge is -2.34. The van der Waals surface area contributed by atoms with Gasteiger partial charge >= 0.3 is 0 Å². The van der Waals surface area contributed by atoms with E-state index < -0.39 is 0 Å². The van der Waals surface area contributed by atoms with Crippen LogP contribution in [0, 0.1) is 12.8 Å². The first-order chi connectivity index (χ1) is 12.1. The fraction of sp³-hybridized carbons (Fsp3) is 0.579. The number of nitrogens with two attached hydrogens (primary N) is 1. The molecule has 1 unspecified atom stereocenters. The molecule has 1 fully saturated rings. The zero-order chi connectivity index (χ0) is 18.1. The van der Waals surface area contributed by atoms with Crippen LogP contribution in [0.2, 0.25) is 0 Å². The van der Waals surface area contributed by atoms with Gasteiger partial charge in [-0.15, -0.1) is 24.0 Å². The molecule has 6 nitrogen and oxygen atoms in total. The van der Waals surface area contributed by atoms with Crippen molar-refractivity contribution in [3.63, 3.8) is 0 Å². The van der Waals surface area contributed by atoms with Crippen LogP contribution in [-0.2, 0) is 4.79 Å². The van der Waals surface area contributed by atoms with Crippen LogP contribution in [0.3, 0.4) is 0 Å². The highest BCUT2D eigenvalue weighted by molar-refractivity contribution is 14.0. The highest BCUT2D eigenvalue weighted by atomic mass is 127. The largest absolute Gasteiger partial charge is 0.492 e. The van der Waals surface area contributed by atoms with Gasteiger partial charge in [0.05, 0.1) is 6.54 Å². The number of aliphatic imine (C=N–C) groups is 1. The minimum Gasteiger partial charge on any atom is -0.492 e. The molecule has 2 rings (SSSR count). The minimum absolute atomic E-state index is 0. The third kappa shape index (κ3) is 7.80. The average Bonchev–Trinajstić information content (AvgIpc) is 2.59. The number of hydrogen-bond acceptors (Lipinski definition) is 3. The maximum Gasteiger partial charge on any atom is 0.217 e. The summed E-state index contributed by atoms with van der Waals surface area (Å²) in [6.45, 7) is 7.84. The number of rotatable bonds is 7. The maximum absolute atomic E-state index is 11.2. The Bertz CT molecular complexity index is 577. The van der Waals surface area contributed by atoms with E-state index in [9.17, 15) is 4.79 Å². The standard InChI is InChI=1S/C19H30N4O2.HI/c1-3-21-19(23-11-4-5-16(14-23)13-18(20)24)22-10-12-25-17-8-6-15(2)7-9-17;/h6-9,16H,3-5,10-14H2,1-2H3,(H2,20,24)(H,21,22);1H. The molecule has 0 spiro atoms. The number of hydrogen-bond donors (Lipinski definition) is 2. The van der Waals surface area contributed by atoms with Crippen molar-refractivity contribution in [2.45, 2.75) is 33.1 Å². The van der Waals surface area contributed by atoms with Crippen molar-refractivity contribution in [1.29, 1.82) is 0 Å². The second-order valence-electron chi connectivity index (χ2n) is 6.52. The summed E-state index contributed by atoms with van der Waals surface area (Å²) >= 11 is 0. The molecule has 1 amide bonds. The Hall–Kier alpha value is -1.51. The molecule has 1 aromatic carbocycles. The number of halogens is 1. The van der Waals surface area contributed by atoms with Crippen molar-refractivity contribution in [3.8, 4) is 5.75 Å².